The summed E-state index contributed by atoms with van der Waals surface area (Å²) in [5.41, 5.74) is 10.4. The Hall–Kier alpha value is -3.02. The molecule has 1 aliphatic carbocycles. The number of amides is 3. The van der Waals surface area contributed by atoms with E-state index in [2.05, 4.69) is 10.6 Å². The summed E-state index contributed by atoms with van der Waals surface area (Å²) in [5, 5.41) is 5.91. The van der Waals surface area contributed by atoms with Gasteiger partial charge in [-0.3, -0.25) is 9.69 Å². The number of nitrogen functional groups attached to an aromatic ring is 1. The van der Waals surface area contributed by atoms with E-state index in [9.17, 15) is 9.59 Å². The van der Waals surface area contributed by atoms with E-state index in [0.717, 1.165) is 36.2 Å². The molecule has 4 rings (SSSR count). The maximum absolute atomic E-state index is 12.7. The van der Waals surface area contributed by atoms with Gasteiger partial charge in [0.05, 0.1) is 6.04 Å². The number of nitrogens with one attached hydrogen (secondary N) is 2. The predicted octanol–water partition coefficient (Wildman–Crippen LogP) is 2.61. The van der Waals surface area contributed by atoms with Gasteiger partial charge >= 0.3 is 6.03 Å². The first-order valence-electron chi connectivity index (χ1n) is 8.96. The van der Waals surface area contributed by atoms with Crippen LogP contribution >= 0.6 is 0 Å². The molecule has 0 radical (unpaired) electrons. The Balaban J connectivity index is 1.48. The Kier molecular flexibility index (Phi) is 4.24. The second kappa shape index (κ2) is 6.71. The number of rotatable bonds is 3. The molecule has 0 spiro atoms. The van der Waals surface area contributed by atoms with Crippen LogP contribution in [0.5, 0.6) is 0 Å². The van der Waals surface area contributed by atoms with Gasteiger partial charge in [0.25, 0.3) is 5.91 Å². The molecule has 1 heterocycles. The highest BCUT2D eigenvalue weighted by Gasteiger charge is 2.23. The average Bonchev–Trinajstić information content (AvgIpc) is 3.07. The minimum Gasteiger partial charge on any atom is -0.399 e. The maximum atomic E-state index is 12.7. The molecule has 1 unspecified atom stereocenters. The molecule has 0 saturated carbocycles. The third-order valence-corrected chi connectivity index (χ3v) is 5.08. The summed E-state index contributed by atoms with van der Waals surface area (Å²) in [6.45, 7) is 1.29. The number of nitrogens with two attached hydrogens (primary N) is 1. The number of anilines is 2. The third kappa shape index (κ3) is 3.10. The van der Waals surface area contributed by atoms with Gasteiger partial charge in [0.1, 0.15) is 0 Å². The molecule has 0 bridgehead atoms. The maximum Gasteiger partial charge on any atom is 0.321 e. The van der Waals surface area contributed by atoms with Crippen LogP contribution in [0, 0.1) is 0 Å². The van der Waals surface area contributed by atoms with E-state index in [1.807, 2.05) is 30.3 Å². The Morgan fingerprint density at radius 2 is 2.00 bits per heavy atom. The molecule has 6 nitrogen and oxygen atoms in total. The van der Waals surface area contributed by atoms with Crippen molar-refractivity contribution in [1.29, 1.82) is 0 Å². The van der Waals surface area contributed by atoms with Gasteiger partial charge in [-0.15, -0.1) is 0 Å². The van der Waals surface area contributed by atoms with Crippen molar-refractivity contribution < 1.29 is 9.59 Å². The van der Waals surface area contributed by atoms with Gasteiger partial charge in [-0.05, 0) is 66.8 Å². The van der Waals surface area contributed by atoms with Gasteiger partial charge in [0.2, 0.25) is 0 Å². The molecule has 2 aromatic carbocycles. The van der Waals surface area contributed by atoms with E-state index in [4.69, 9.17) is 5.73 Å². The third-order valence-electron chi connectivity index (χ3n) is 5.08. The summed E-state index contributed by atoms with van der Waals surface area (Å²) in [5.74, 6) is -0.0999. The molecule has 134 valence electrons. The van der Waals surface area contributed by atoms with Crippen LogP contribution in [-0.4, -0.2) is 25.0 Å². The van der Waals surface area contributed by atoms with Crippen molar-refractivity contribution >= 4 is 23.3 Å². The first-order chi connectivity index (χ1) is 12.6. The highest BCUT2D eigenvalue weighted by Crippen LogP contribution is 2.31. The molecule has 6 heteroatoms. The molecule has 1 aliphatic heterocycles. The van der Waals surface area contributed by atoms with Crippen molar-refractivity contribution in [2.75, 3.05) is 23.7 Å². The second-order valence-electron chi connectivity index (χ2n) is 6.81. The first kappa shape index (κ1) is 16.4. The highest BCUT2D eigenvalue weighted by molar-refractivity contribution is 5.97. The number of urea groups is 1. The zero-order valence-corrected chi connectivity index (χ0v) is 14.5. The molecule has 3 amide bonds. The predicted molar refractivity (Wildman–Crippen MR) is 101 cm³/mol. The summed E-state index contributed by atoms with van der Waals surface area (Å²) >= 11 is 0. The van der Waals surface area contributed by atoms with Crippen LogP contribution in [0.2, 0.25) is 0 Å². The summed E-state index contributed by atoms with van der Waals surface area (Å²) in [6.07, 6.45) is 2.96. The minimum absolute atomic E-state index is 0.0101. The second-order valence-corrected chi connectivity index (χ2v) is 6.81. The lowest BCUT2D eigenvalue weighted by atomic mass is 9.87. The number of fused-ring (bicyclic) bond motifs is 1. The zero-order chi connectivity index (χ0) is 18.1. The fraction of sp³-hybridized carbons (Fsp3) is 0.300. The van der Waals surface area contributed by atoms with E-state index in [-0.39, 0.29) is 18.0 Å². The van der Waals surface area contributed by atoms with Crippen molar-refractivity contribution in [3.05, 3.63) is 59.2 Å². The lowest BCUT2D eigenvalue weighted by Gasteiger charge is -2.26. The topological polar surface area (TPSA) is 87.5 Å². The summed E-state index contributed by atoms with van der Waals surface area (Å²) in [6, 6.07) is 13.0. The Morgan fingerprint density at radius 3 is 2.73 bits per heavy atom. The standard InChI is InChI=1S/C20H22N4O2/c21-15-6-9-17-14(12-15)2-1-3-18(17)23-19(25)13-4-7-16(8-5-13)24-11-10-22-20(24)26/h4-9,12,18H,1-3,10-11,21H2,(H,22,26)(H,23,25). The van der Waals surface area contributed by atoms with Crippen molar-refractivity contribution in [2.45, 2.75) is 25.3 Å². The summed E-state index contributed by atoms with van der Waals surface area (Å²) < 4.78 is 0. The Bertz CT molecular complexity index is 847. The fourth-order valence-electron chi connectivity index (χ4n) is 3.74. The molecule has 26 heavy (non-hydrogen) atoms. The molecular weight excluding hydrogens is 328 g/mol. The molecule has 1 fully saturated rings. The first-order valence-corrected chi connectivity index (χ1v) is 8.96. The van der Waals surface area contributed by atoms with Crippen LogP contribution < -0.4 is 21.3 Å². The van der Waals surface area contributed by atoms with Gasteiger partial charge < -0.3 is 16.4 Å². The monoisotopic (exact) mass is 350 g/mol. The van der Waals surface area contributed by atoms with Gasteiger partial charge in [0.15, 0.2) is 0 Å². The van der Waals surface area contributed by atoms with E-state index < -0.39 is 0 Å². The molecule has 4 N–H and O–H groups in total. The molecule has 1 atom stereocenters. The van der Waals surface area contributed by atoms with E-state index >= 15 is 0 Å². The molecule has 2 aliphatic rings. The van der Waals surface area contributed by atoms with Crippen LogP contribution in [0.4, 0.5) is 16.2 Å². The summed E-state index contributed by atoms with van der Waals surface area (Å²) in [4.78, 5) is 26.1. The van der Waals surface area contributed by atoms with Crippen molar-refractivity contribution in [1.82, 2.24) is 10.6 Å². The highest BCUT2D eigenvalue weighted by atomic mass is 16.2. The van der Waals surface area contributed by atoms with E-state index in [1.165, 1.54) is 5.56 Å². The number of carbonyl (C=O) groups excluding carboxylic acids is 2. The van der Waals surface area contributed by atoms with Crippen LogP contribution in [0.3, 0.4) is 0 Å². The number of nitrogens with zero attached hydrogens (tertiary/aromatic N) is 1. The average molecular weight is 350 g/mol. The van der Waals surface area contributed by atoms with Gasteiger partial charge in [-0.25, -0.2) is 4.79 Å². The molecular formula is C20H22N4O2. The number of aryl methyl sites for hydroxylation is 1. The van der Waals surface area contributed by atoms with Gasteiger partial charge in [-0.2, -0.15) is 0 Å². The molecule has 0 aromatic heterocycles. The fourth-order valence-corrected chi connectivity index (χ4v) is 3.74. The lowest BCUT2D eigenvalue weighted by Crippen LogP contribution is -2.31. The lowest BCUT2D eigenvalue weighted by molar-refractivity contribution is 0.0933. The normalized spacial score (nSPS) is 19.0. The largest absolute Gasteiger partial charge is 0.399 e. The Labute approximate surface area is 152 Å². The van der Waals surface area contributed by atoms with E-state index in [0.29, 0.717) is 18.7 Å². The number of benzene rings is 2. The summed E-state index contributed by atoms with van der Waals surface area (Å²) in [7, 11) is 0. The van der Waals surface area contributed by atoms with Gasteiger partial charge in [-0.1, -0.05) is 6.07 Å². The zero-order valence-electron chi connectivity index (χ0n) is 14.5. The van der Waals surface area contributed by atoms with Crippen LogP contribution in [0.1, 0.15) is 40.4 Å². The van der Waals surface area contributed by atoms with Crippen LogP contribution in [-0.2, 0) is 6.42 Å². The smallest absolute Gasteiger partial charge is 0.321 e. The number of carbonyl (C=O) groups is 2. The molecule has 1 saturated heterocycles. The van der Waals surface area contributed by atoms with Crippen molar-refractivity contribution in [3.8, 4) is 0 Å². The van der Waals surface area contributed by atoms with E-state index in [1.54, 1.807) is 17.0 Å². The van der Waals surface area contributed by atoms with Crippen LogP contribution in [0.25, 0.3) is 0 Å². The molecule has 2 aromatic rings. The minimum atomic E-state index is -0.0999. The number of hydrogen-bond donors (Lipinski definition) is 3. The van der Waals surface area contributed by atoms with Crippen molar-refractivity contribution in [2.24, 2.45) is 0 Å². The van der Waals surface area contributed by atoms with Gasteiger partial charge in [0, 0.05) is 30.0 Å². The quantitative estimate of drug-likeness (QED) is 0.744. The number of hydrogen-bond acceptors (Lipinski definition) is 3. The van der Waals surface area contributed by atoms with Crippen molar-refractivity contribution in [3.63, 3.8) is 0 Å². The van der Waals surface area contributed by atoms with Crippen LogP contribution in [0.15, 0.2) is 42.5 Å². The Morgan fingerprint density at radius 1 is 1.19 bits per heavy atom. The SMILES string of the molecule is Nc1ccc2c(c1)CCCC2NC(=O)c1ccc(N2CCNC2=O)cc1.